The van der Waals surface area contributed by atoms with Gasteiger partial charge in [0.25, 0.3) is 0 Å². The number of piperidine rings is 1. The lowest BCUT2D eigenvalue weighted by molar-refractivity contribution is 0.286. The van der Waals surface area contributed by atoms with E-state index in [9.17, 15) is 0 Å². The summed E-state index contributed by atoms with van der Waals surface area (Å²) < 4.78 is 0. The molecule has 1 heterocycles. The van der Waals surface area contributed by atoms with Crippen molar-refractivity contribution >= 4 is 5.69 Å². The first-order valence-electron chi connectivity index (χ1n) is 8.45. The highest BCUT2D eigenvalue weighted by Crippen LogP contribution is 2.33. The second kappa shape index (κ2) is 6.62. The third kappa shape index (κ3) is 3.17. The second-order valence-electron chi connectivity index (χ2n) is 6.46. The van der Waals surface area contributed by atoms with Crippen LogP contribution in [0.15, 0.2) is 24.3 Å². The summed E-state index contributed by atoms with van der Waals surface area (Å²) in [5.74, 6) is 0.820. The predicted molar refractivity (Wildman–Crippen MR) is 86.2 cm³/mol. The predicted octanol–water partition coefficient (Wildman–Crippen LogP) is 3.97. The maximum Gasteiger partial charge on any atom is 0.0345 e. The molecule has 110 valence electrons. The van der Waals surface area contributed by atoms with Gasteiger partial charge in [0.05, 0.1) is 0 Å². The van der Waals surface area contributed by atoms with Crippen LogP contribution in [-0.2, 0) is 6.42 Å². The zero-order valence-corrected chi connectivity index (χ0v) is 12.7. The van der Waals surface area contributed by atoms with Crippen molar-refractivity contribution < 1.29 is 0 Å². The van der Waals surface area contributed by atoms with E-state index in [0.717, 1.165) is 18.4 Å². The molecule has 1 aliphatic heterocycles. The number of rotatable bonds is 4. The topological polar surface area (TPSA) is 24.1 Å². The highest BCUT2D eigenvalue weighted by Gasteiger charge is 2.34. The van der Waals surface area contributed by atoms with Crippen LogP contribution in [0.25, 0.3) is 0 Å². The van der Waals surface area contributed by atoms with E-state index in [4.69, 9.17) is 0 Å². The van der Waals surface area contributed by atoms with Gasteiger partial charge >= 0.3 is 0 Å². The van der Waals surface area contributed by atoms with Crippen LogP contribution in [0.5, 0.6) is 0 Å². The van der Waals surface area contributed by atoms with E-state index in [1.165, 1.54) is 56.3 Å². The van der Waals surface area contributed by atoms with Gasteiger partial charge in [-0.05, 0) is 62.3 Å². The van der Waals surface area contributed by atoms with E-state index in [2.05, 4.69) is 41.8 Å². The van der Waals surface area contributed by atoms with Gasteiger partial charge in [-0.3, -0.25) is 0 Å². The van der Waals surface area contributed by atoms with Crippen LogP contribution in [0.4, 0.5) is 5.69 Å². The molecule has 0 radical (unpaired) electrons. The zero-order chi connectivity index (χ0) is 13.8. The van der Waals surface area contributed by atoms with Gasteiger partial charge in [0.15, 0.2) is 0 Å². The average molecular weight is 272 g/mol. The maximum atomic E-state index is 3.82. The van der Waals surface area contributed by atoms with Gasteiger partial charge in [-0.1, -0.05) is 31.9 Å². The number of hydrogen-bond donors (Lipinski definition) is 2. The Hall–Kier alpha value is -1.02. The lowest BCUT2D eigenvalue weighted by Crippen LogP contribution is -2.44. The van der Waals surface area contributed by atoms with Crippen molar-refractivity contribution in [1.29, 1.82) is 0 Å². The molecule has 1 saturated heterocycles. The Morgan fingerprint density at radius 1 is 1.15 bits per heavy atom. The molecule has 3 unspecified atom stereocenters. The third-order valence-electron chi connectivity index (χ3n) is 5.12. The number of hydrogen-bond acceptors (Lipinski definition) is 2. The summed E-state index contributed by atoms with van der Waals surface area (Å²) >= 11 is 0. The van der Waals surface area contributed by atoms with Gasteiger partial charge in [-0.15, -0.1) is 0 Å². The first kappa shape index (κ1) is 13.9. The minimum atomic E-state index is 0.665. The summed E-state index contributed by atoms with van der Waals surface area (Å²) in [5, 5.41) is 7.58. The fourth-order valence-electron chi connectivity index (χ4n) is 3.99. The minimum Gasteiger partial charge on any atom is -0.382 e. The molecule has 1 aliphatic carbocycles. The molecule has 3 rings (SSSR count). The van der Waals surface area contributed by atoms with Crippen LogP contribution in [0.3, 0.4) is 0 Å². The minimum absolute atomic E-state index is 0.665. The Morgan fingerprint density at radius 2 is 2.10 bits per heavy atom. The molecule has 2 heteroatoms. The van der Waals surface area contributed by atoms with E-state index in [0.29, 0.717) is 6.04 Å². The summed E-state index contributed by atoms with van der Waals surface area (Å²) in [6.45, 7) is 3.45. The van der Waals surface area contributed by atoms with Crippen molar-refractivity contribution in [2.24, 2.45) is 5.92 Å². The smallest absolute Gasteiger partial charge is 0.0345 e. The number of aryl methyl sites for hydroxylation is 1. The highest BCUT2D eigenvalue weighted by atomic mass is 15.0. The van der Waals surface area contributed by atoms with Crippen molar-refractivity contribution in [3.8, 4) is 0 Å². The zero-order valence-electron chi connectivity index (χ0n) is 12.7. The Kier molecular flexibility index (Phi) is 4.62. The van der Waals surface area contributed by atoms with Crippen molar-refractivity contribution in [3.05, 3.63) is 29.8 Å². The van der Waals surface area contributed by atoms with Gasteiger partial charge in [-0.2, -0.15) is 0 Å². The summed E-state index contributed by atoms with van der Waals surface area (Å²) in [6, 6.07) is 10.4. The van der Waals surface area contributed by atoms with E-state index < -0.39 is 0 Å². The number of anilines is 1. The highest BCUT2D eigenvalue weighted by molar-refractivity contribution is 5.47. The summed E-state index contributed by atoms with van der Waals surface area (Å²) in [5.41, 5.74) is 2.75. The molecule has 20 heavy (non-hydrogen) atoms. The lowest BCUT2D eigenvalue weighted by atomic mass is 9.88. The Balaban J connectivity index is 1.65. The van der Waals surface area contributed by atoms with Gasteiger partial charge < -0.3 is 10.6 Å². The molecule has 0 aromatic heterocycles. The van der Waals surface area contributed by atoms with Crippen LogP contribution >= 0.6 is 0 Å². The van der Waals surface area contributed by atoms with Crippen LogP contribution in [-0.4, -0.2) is 18.6 Å². The van der Waals surface area contributed by atoms with Gasteiger partial charge in [0, 0.05) is 17.8 Å². The maximum absolute atomic E-state index is 3.82. The number of benzene rings is 1. The quantitative estimate of drug-likeness (QED) is 0.866. The molecule has 3 atom stereocenters. The summed E-state index contributed by atoms with van der Waals surface area (Å²) in [7, 11) is 0. The lowest BCUT2D eigenvalue weighted by Gasteiger charge is -2.33. The molecule has 1 aromatic rings. The summed E-state index contributed by atoms with van der Waals surface area (Å²) in [4.78, 5) is 0. The molecule has 2 N–H and O–H groups in total. The first-order chi connectivity index (χ1) is 9.86. The fraction of sp³-hybridized carbons (Fsp3) is 0.667. The van der Waals surface area contributed by atoms with Crippen LogP contribution in [0, 0.1) is 5.92 Å². The second-order valence-corrected chi connectivity index (χ2v) is 6.46. The largest absolute Gasteiger partial charge is 0.382 e. The van der Waals surface area contributed by atoms with E-state index in [1.807, 2.05) is 0 Å². The third-order valence-corrected chi connectivity index (χ3v) is 5.12. The van der Waals surface area contributed by atoms with E-state index in [1.54, 1.807) is 0 Å². The van der Waals surface area contributed by atoms with Crippen molar-refractivity contribution in [2.75, 3.05) is 11.9 Å². The molecule has 0 spiro atoms. The monoisotopic (exact) mass is 272 g/mol. The summed E-state index contributed by atoms with van der Waals surface area (Å²) in [6.07, 6.45) is 9.37. The number of nitrogens with one attached hydrogen (secondary N) is 2. The SMILES string of the molecule is CCc1cccc(NC2CCCC2C2CCCCN2)c1. The molecule has 2 fully saturated rings. The van der Waals surface area contributed by atoms with Gasteiger partial charge in [0.2, 0.25) is 0 Å². The van der Waals surface area contributed by atoms with Crippen molar-refractivity contribution in [2.45, 2.75) is 64.0 Å². The van der Waals surface area contributed by atoms with Gasteiger partial charge in [0.1, 0.15) is 0 Å². The molecule has 2 aliphatic rings. The molecule has 0 bridgehead atoms. The Labute approximate surface area is 123 Å². The standard InChI is InChI=1S/C18H28N2/c1-2-14-7-5-8-15(13-14)20-18-11-6-9-16(18)17-10-3-4-12-19-17/h5,7-8,13,16-20H,2-4,6,9-12H2,1H3. The van der Waals surface area contributed by atoms with E-state index >= 15 is 0 Å². The molecular formula is C18H28N2. The van der Waals surface area contributed by atoms with Gasteiger partial charge in [-0.25, -0.2) is 0 Å². The first-order valence-corrected chi connectivity index (χ1v) is 8.45. The normalized spacial score (nSPS) is 30.4. The molecule has 2 nitrogen and oxygen atoms in total. The molecule has 0 amide bonds. The average Bonchev–Trinajstić information content (AvgIpc) is 2.96. The van der Waals surface area contributed by atoms with Crippen LogP contribution < -0.4 is 10.6 Å². The van der Waals surface area contributed by atoms with E-state index in [-0.39, 0.29) is 0 Å². The van der Waals surface area contributed by atoms with Crippen molar-refractivity contribution in [3.63, 3.8) is 0 Å². The van der Waals surface area contributed by atoms with Crippen LogP contribution in [0.1, 0.15) is 51.0 Å². The fourth-order valence-corrected chi connectivity index (χ4v) is 3.99. The molecular weight excluding hydrogens is 244 g/mol. The Bertz CT molecular complexity index is 423. The molecule has 1 aromatic carbocycles. The van der Waals surface area contributed by atoms with Crippen molar-refractivity contribution in [1.82, 2.24) is 5.32 Å². The molecule has 1 saturated carbocycles. The van der Waals surface area contributed by atoms with Crippen LogP contribution in [0.2, 0.25) is 0 Å². The Morgan fingerprint density at radius 3 is 2.90 bits per heavy atom.